The van der Waals surface area contributed by atoms with Crippen LogP contribution in [0.5, 0.6) is 5.75 Å². The summed E-state index contributed by atoms with van der Waals surface area (Å²) in [5, 5.41) is 2.77. The maximum Gasteiger partial charge on any atom is 0.332 e. The number of anilines is 2. The Bertz CT molecular complexity index is 885. The van der Waals surface area contributed by atoms with E-state index in [0.717, 1.165) is 4.90 Å². The molecule has 1 atom stereocenters. The van der Waals surface area contributed by atoms with E-state index in [9.17, 15) is 14.4 Å². The molecule has 0 spiro atoms. The monoisotopic (exact) mass is 411 g/mol. The van der Waals surface area contributed by atoms with Gasteiger partial charge in [0, 0.05) is 19.3 Å². The van der Waals surface area contributed by atoms with Crippen molar-refractivity contribution in [3.63, 3.8) is 0 Å². The molecule has 0 aromatic heterocycles. The van der Waals surface area contributed by atoms with E-state index in [0.29, 0.717) is 23.7 Å². The van der Waals surface area contributed by atoms with Crippen LogP contribution in [0, 0.1) is 0 Å². The highest BCUT2D eigenvalue weighted by molar-refractivity contribution is 6.22. The van der Waals surface area contributed by atoms with Gasteiger partial charge in [-0.1, -0.05) is 18.2 Å². The molecule has 0 aliphatic carbocycles. The summed E-state index contributed by atoms with van der Waals surface area (Å²) in [6.45, 7) is 2.92. The molecule has 1 heterocycles. The SMILES string of the molecule is CCOc1ccc(NC(=O)CC2C(=O)N(c3ccccc3)C(=O)N2CCOC)cc1. The molecule has 1 aliphatic rings. The summed E-state index contributed by atoms with van der Waals surface area (Å²) in [6.07, 6.45) is -0.148. The highest BCUT2D eigenvalue weighted by atomic mass is 16.5. The standard InChI is InChI=1S/C22H25N3O5/c1-3-30-18-11-9-16(10-12-18)23-20(26)15-19-21(27)25(17-7-5-4-6-8-17)22(28)24(19)13-14-29-2/h4-12,19H,3,13-15H2,1-2H3,(H,23,26). The topological polar surface area (TPSA) is 88.2 Å². The number of imide groups is 1. The third-order valence-corrected chi connectivity index (χ3v) is 4.70. The van der Waals surface area contributed by atoms with Crippen molar-refractivity contribution >= 4 is 29.2 Å². The number of rotatable bonds is 9. The van der Waals surface area contributed by atoms with Crippen molar-refractivity contribution in [1.29, 1.82) is 0 Å². The number of carbonyl (C=O) groups is 3. The number of methoxy groups -OCH3 is 1. The minimum Gasteiger partial charge on any atom is -0.494 e. The molecule has 2 aromatic carbocycles. The molecule has 1 saturated heterocycles. The molecular formula is C22H25N3O5. The zero-order valence-corrected chi connectivity index (χ0v) is 17.0. The third-order valence-electron chi connectivity index (χ3n) is 4.70. The van der Waals surface area contributed by atoms with E-state index >= 15 is 0 Å². The molecule has 1 N–H and O–H groups in total. The molecule has 1 aliphatic heterocycles. The quantitative estimate of drug-likeness (QED) is 0.641. The van der Waals surface area contributed by atoms with Gasteiger partial charge in [-0.05, 0) is 43.3 Å². The van der Waals surface area contributed by atoms with Crippen molar-refractivity contribution in [2.24, 2.45) is 0 Å². The maximum atomic E-state index is 13.0. The summed E-state index contributed by atoms with van der Waals surface area (Å²) in [5.41, 5.74) is 1.06. The average molecular weight is 411 g/mol. The maximum absolute atomic E-state index is 13.0. The lowest BCUT2D eigenvalue weighted by Gasteiger charge is -2.21. The zero-order chi connectivity index (χ0) is 21.5. The molecule has 0 radical (unpaired) electrons. The predicted octanol–water partition coefficient (Wildman–Crippen LogP) is 2.90. The Morgan fingerprint density at radius 2 is 1.77 bits per heavy atom. The first kappa shape index (κ1) is 21.3. The number of urea groups is 1. The lowest BCUT2D eigenvalue weighted by Crippen LogP contribution is -2.39. The first-order chi connectivity index (χ1) is 14.5. The summed E-state index contributed by atoms with van der Waals surface area (Å²) in [6, 6.07) is 14.3. The van der Waals surface area contributed by atoms with Crippen molar-refractivity contribution < 1.29 is 23.9 Å². The minimum atomic E-state index is -0.893. The van der Waals surface area contributed by atoms with Crippen molar-refractivity contribution in [2.75, 3.05) is 37.1 Å². The fraction of sp³-hybridized carbons (Fsp3) is 0.318. The number of benzene rings is 2. The lowest BCUT2D eigenvalue weighted by atomic mass is 10.1. The van der Waals surface area contributed by atoms with Gasteiger partial charge in [0.1, 0.15) is 11.8 Å². The highest BCUT2D eigenvalue weighted by Gasteiger charge is 2.46. The molecular weight excluding hydrogens is 386 g/mol. The van der Waals surface area contributed by atoms with E-state index < -0.39 is 18.0 Å². The lowest BCUT2D eigenvalue weighted by molar-refractivity contribution is -0.124. The Labute approximate surface area is 175 Å². The number of nitrogens with zero attached hydrogens (tertiary/aromatic N) is 2. The van der Waals surface area contributed by atoms with Crippen LogP contribution in [0.2, 0.25) is 0 Å². The van der Waals surface area contributed by atoms with E-state index in [1.54, 1.807) is 54.6 Å². The van der Waals surface area contributed by atoms with Gasteiger partial charge < -0.3 is 19.7 Å². The highest BCUT2D eigenvalue weighted by Crippen LogP contribution is 2.27. The van der Waals surface area contributed by atoms with Gasteiger partial charge in [0.15, 0.2) is 0 Å². The fourth-order valence-corrected chi connectivity index (χ4v) is 3.28. The Hall–Kier alpha value is -3.39. The van der Waals surface area contributed by atoms with Crippen molar-refractivity contribution in [3.8, 4) is 5.75 Å². The molecule has 0 bridgehead atoms. The predicted molar refractivity (Wildman–Crippen MR) is 113 cm³/mol. The largest absolute Gasteiger partial charge is 0.494 e. The number of hydrogen-bond donors (Lipinski definition) is 1. The molecule has 1 fully saturated rings. The van der Waals surface area contributed by atoms with Gasteiger partial charge in [0.2, 0.25) is 5.91 Å². The molecule has 1 unspecified atom stereocenters. The molecule has 8 nitrogen and oxygen atoms in total. The second kappa shape index (κ2) is 9.89. The number of hydrogen-bond acceptors (Lipinski definition) is 5. The Morgan fingerprint density at radius 1 is 1.07 bits per heavy atom. The second-order valence-corrected chi connectivity index (χ2v) is 6.70. The van der Waals surface area contributed by atoms with Crippen LogP contribution < -0.4 is 15.0 Å². The summed E-state index contributed by atoms with van der Waals surface area (Å²) < 4.78 is 10.5. The molecule has 4 amide bonds. The van der Waals surface area contributed by atoms with Crippen LogP contribution in [-0.2, 0) is 14.3 Å². The first-order valence-corrected chi connectivity index (χ1v) is 9.76. The van der Waals surface area contributed by atoms with E-state index in [1.165, 1.54) is 12.0 Å². The van der Waals surface area contributed by atoms with Gasteiger partial charge >= 0.3 is 6.03 Å². The van der Waals surface area contributed by atoms with Gasteiger partial charge in [-0.3, -0.25) is 9.59 Å². The van der Waals surface area contributed by atoms with Crippen LogP contribution in [0.3, 0.4) is 0 Å². The van der Waals surface area contributed by atoms with E-state index in [-0.39, 0.29) is 25.5 Å². The Kier molecular flexibility index (Phi) is 7.03. The Balaban J connectivity index is 1.73. The number of amides is 4. The molecule has 2 aromatic rings. The zero-order valence-electron chi connectivity index (χ0n) is 17.0. The second-order valence-electron chi connectivity index (χ2n) is 6.70. The van der Waals surface area contributed by atoms with E-state index in [1.807, 2.05) is 6.92 Å². The summed E-state index contributed by atoms with van der Waals surface area (Å²) in [4.78, 5) is 41.0. The number of ether oxygens (including phenoxy) is 2. The Morgan fingerprint density at radius 3 is 2.40 bits per heavy atom. The third kappa shape index (κ3) is 4.77. The van der Waals surface area contributed by atoms with Crippen LogP contribution in [0.1, 0.15) is 13.3 Å². The van der Waals surface area contributed by atoms with Crippen LogP contribution in [-0.4, -0.2) is 55.7 Å². The van der Waals surface area contributed by atoms with Gasteiger partial charge in [-0.25, -0.2) is 9.69 Å². The number of nitrogens with one attached hydrogen (secondary N) is 1. The van der Waals surface area contributed by atoms with Crippen LogP contribution >= 0.6 is 0 Å². The number of para-hydroxylation sites is 1. The van der Waals surface area contributed by atoms with Gasteiger partial charge in [-0.15, -0.1) is 0 Å². The fourth-order valence-electron chi connectivity index (χ4n) is 3.28. The molecule has 8 heteroatoms. The summed E-state index contributed by atoms with van der Waals surface area (Å²) in [5.74, 6) is -0.0805. The van der Waals surface area contributed by atoms with Gasteiger partial charge in [0.25, 0.3) is 5.91 Å². The normalized spacial score (nSPS) is 16.1. The average Bonchev–Trinajstić information content (AvgIpc) is 2.98. The first-order valence-electron chi connectivity index (χ1n) is 9.76. The van der Waals surface area contributed by atoms with Crippen molar-refractivity contribution in [1.82, 2.24) is 4.90 Å². The molecule has 0 saturated carbocycles. The summed E-state index contributed by atoms with van der Waals surface area (Å²) >= 11 is 0. The van der Waals surface area contributed by atoms with Crippen molar-refractivity contribution in [2.45, 2.75) is 19.4 Å². The number of carbonyl (C=O) groups excluding carboxylic acids is 3. The molecule has 158 valence electrons. The van der Waals surface area contributed by atoms with Crippen LogP contribution in [0.4, 0.5) is 16.2 Å². The van der Waals surface area contributed by atoms with E-state index in [2.05, 4.69) is 5.32 Å². The van der Waals surface area contributed by atoms with Crippen molar-refractivity contribution in [3.05, 3.63) is 54.6 Å². The van der Waals surface area contributed by atoms with E-state index in [4.69, 9.17) is 9.47 Å². The van der Waals surface area contributed by atoms with Crippen LogP contribution in [0.15, 0.2) is 54.6 Å². The molecule has 3 rings (SSSR count). The van der Waals surface area contributed by atoms with Gasteiger partial charge in [0.05, 0.1) is 25.3 Å². The van der Waals surface area contributed by atoms with Gasteiger partial charge in [-0.2, -0.15) is 0 Å². The van der Waals surface area contributed by atoms with Crippen LogP contribution in [0.25, 0.3) is 0 Å². The smallest absolute Gasteiger partial charge is 0.332 e. The minimum absolute atomic E-state index is 0.148. The summed E-state index contributed by atoms with van der Waals surface area (Å²) in [7, 11) is 1.52. The molecule has 30 heavy (non-hydrogen) atoms.